The Morgan fingerprint density at radius 3 is 2.85 bits per heavy atom. The van der Waals surface area contributed by atoms with E-state index in [0.29, 0.717) is 31.4 Å². The van der Waals surface area contributed by atoms with Gasteiger partial charge in [0.2, 0.25) is 0 Å². The summed E-state index contributed by atoms with van der Waals surface area (Å²) >= 11 is 0. The van der Waals surface area contributed by atoms with E-state index in [2.05, 4.69) is 22.4 Å². The molecule has 1 aliphatic carbocycles. The number of nitrogens with one attached hydrogen (secondary N) is 1. The largest absolute Gasteiger partial charge is 0.494 e. The van der Waals surface area contributed by atoms with Gasteiger partial charge < -0.3 is 14.6 Å². The Morgan fingerprint density at radius 1 is 1.27 bits per heavy atom. The molecular weight excluding hydrogens is 443 g/mol. The molecule has 1 aromatic heterocycles. The van der Waals surface area contributed by atoms with Crippen molar-refractivity contribution in [1.29, 1.82) is 0 Å². The van der Waals surface area contributed by atoms with Gasteiger partial charge >= 0.3 is 0 Å². The molecule has 0 amide bonds. The first kappa shape index (κ1) is 23.4. The molecule has 3 aromatic rings. The van der Waals surface area contributed by atoms with Crippen LogP contribution in [-0.4, -0.2) is 38.2 Å². The highest BCUT2D eigenvalue weighted by Gasteiger charge is 2.32. The number of imidazole rings is 1. The summed E-state index contributed by atoms with van der Waals surface area (Å²) in [4.78, 5) is 3.81. The van der Waals surface area contributed by atoms with Gasteiger partial charge in [-0.3, -0.25) is 0 Å². The molecule has 2 unspecified atom stereocenters. The monoisotopic (exact) mass is 472 g/mol. The SMILES string of the molecule is CNCC1Cc2ccc(OCCCn3cnc(S(N)(=O)=O)c3)cc2C1Cc1cccc(F)c1. The van der Waals surface area contributed by atoms with Crippen molar-refractivity contribution in [1.82, 2.24) is 14.9 Å². The van der Waals surface area contributed by atoms with Gasteiger partial charge in [0.05, 0.1) is 12.9 Å². The number of halogens is 1. The van der Waals surface area contributed by atoms with Gasteiger partial charge in [-0.05, 0) is 85.6 Å². The zero-order chi connectivity index (χ0) is 23.4. The number of nitrogens with zero attached hydrogens (tertiary/aromatic N) is 2. The van der Waals surface area contributed by atoms with Crippen LogP contribution < -0.4 is 15.2 Å². The lowest BCUT2D eigenvalue weighted by atomic mass is 9.86. The topological polar surface area (TPSA) is 99.2 Å². The number of primary sulfonamides is 1. The second-order valence-electron chi connectivity index (χ2n) is 8.52. The van der Waals surface area contributed by atoms with Crippen LogP contribution in [0.1, 0.15) is 29.0 Å². The molecule has 2 aromatic carbocycles. The second kappa shape index (κ2) is 10.0. The molecule has 33 heavy (non-hydrogen) atoms. The molecule has 2 atom stereocenters. The summed E-state index contributed by atoms with van der Waals surface area (Å²) < 4.78 is 44.1. The Morgan fingerprint density at radius 2 is 2.12 bits per heavy atom. The quantitative estimate of drug-likeness (QED) is 0.442. The summed E-state index contributed by atoms with van der Waals surface area (Å²) in [7, 11) is -1.83. The van der Waals surface area contributed by atoms with E-state index in [-0.39, 0.29) is 10.8 Å². The molecule has 4 rings (SSSR count). The van der Waals surface area contributed by atoms with Gasteiger partial charge in [-0.2, -0.15) is 0 Å². The van der Waals surface area contributed by atoms with Gasteiger partial charge in [0, 0.05) is 12.7 Å². The minimum absolute atomic E-state index is 0.137. The van der Waals surface area contributed by atoms with Crippen LogP contribution >= 0.6 is 0 Å². The van der Waals surface area contributed by atoms with Crippen LogP contribution in [0.2, 0.25) is 0 Å². The third-order valence-corrected chi connectivity index (χ3v) is 6.90. The first-order valence-corrected chi connectivity index (χ1v) is 12.6. The van der Waals surface area contributed by atoms with Crippen LogP contribution in [0.5, 0.6) is 5.75 Å². The fraction of sp³-hybridized carbons (Fsp3) is 0.375. The number of ether oxygens (including phenoxy) is 1. The number of benzene rings is 2. The summed E-state index contributed by atoms with van der Waals surface area (Å²) in [5.74, 6) is 1.33. The van der Waals surface area contributed by atoms with E-state index in [0.717, 1.165) is 30.7 Å². The molecule has 0 saturated heterocycles. The van der Waals surface area contributed by atoms with Crippen molar-refractivity contribution in [3.8, 4) is 5.75 Å². The van der Waals surface area contributed by atoms with Crippen molar-refractivity contribution in [2.45, 2.75) is 36.8 Å². The molecule has 176 valence electrons. The van der Waals surface area contributed by atoms with Gasteiger partial charge in [0.1, 0.15) is 11.6 Å². The van der Waals surface area contributed by atoms with Crippen molar-refractivity contribution in [3.63, 3.8) is 0 Å². The third kappa shape index (κ3) is 5.79. The fourth-order valence-electron chi connectivity index (χ4n) is 4.59. The van der Waals surface area contributed by atoms with Gasteiger partial charge in [-0.1, -0.05) is 18.2 Å². The van der Waals surface area contributed by atoms with E-state index in [9.17, 15) is 12.8 Å². The lowest BCUT2D eigenvalue weighted by Crippen LogP contribution is -2.23. The van der Waals surface area contributed by atoms with Crippen LogP contribution in [0.4, 0.5) is 4.39 Å². The lowest BCUT2D eigenvalue weighted by molar-refractivity contribution is 0.301. The molecule has 9 heteroatoms. The van der Waals surface area contributed by atoms with Gasteiger partial charge in [-0.25, -0.2) is 22.9 Å². The predicted molar refractivity (Wildman–Crippen MR) is 124 cm³/mol. The highest BCUT2D eigenvalue weighted by Crippen LogP contribution is 2.41. The van der Waals surface area contributed by atoms with Crippen molar-refractivity contribution in [3.05, 3.63) is 77.5 Å². The number of sulfonamides is 1. The number of rotatable bonds is 10. The summed E-state index contributed by atoms with van der Waals surface area (Å²) in [6.07, 6.45) is 5.33. The zero-order valence-corrected chi connectivity index (χ0v) is 19.4. The van der Waals surface area contributed by atoms with E-state index in [1.54, 1.807) is 16.7 Å². The summed E-state index contributed by atoms with van der Waals surface area (Å²) in [6, 6.07) is 13.1. The number of aryl methyl sites for hydroxylation is 1. The van der Waals surface area contributed by atoms with Gasteiger partial charge in [0.25, 0.3) is 10.0 Å². The smallest absolute Gasteiger partial charge is 0.257 e. The second-order valence-corrected chi connectivity index (χ2v) is 10.0. The first-order valence-electron chi connectivity index (χ1n) is 11.0. The minimum atomic E-state index is -3.79. The van der Waals surface area contributed by atoms with E-state index in [1.165, 1.54) is 29.7 Å². The van der Waals surface area contributed by atoms with Crippen LogP contribution in [0.25, 0.3) is 0 Å². The number of nitrogens with two attached hydrogens (primary N) is 1. The first-order chi connectivity index (χ1) is 15.8. The molecule has 0 radical (unpaired) electrons. The highest BCUT2D eigenvalue weighted by molar-refractivity contribution is 7.89. The maximum Gasteiger partial charge on any atom is 0.257 e. The van der Waals surface area contributed by atoms with Crippen LogP contribution in [-0.2, 0) is 29.4 Å². The summed E-state index contributed by atoms with van der Waals surface area (Å²) in [6.45, 7) is 1.95. The number of hydrogen-bond acceptors (Lipinski definition) is 5. The van der Waals surface area contributed by atoms with Crippen LogP contribution in [0.15, 0.2) is 60.0 Å². The van der Waals surface area contributed by atoms with Crippen molar-refractivity contribution in [2.24, 2.45) is 11.1 Å². The molecule has 0 spiro atoms. The Hall–Kier alpha value is -2.75. The van der Waals surface area contributed by atoms with Crippen molar-refractivity contribution >= 4 is 10.0 Å². The highest BCUT2D eigenvalue weighted by atomic mass is 32.2. The van der Waals surface area contributed by atoms with E-state index in [4.69, 9.17) is 9.88 Å². The molecule has 7 nitrogen and oxygen atoms in total. The minimum Gasteiger partial charge on any atom is -0.494 e. The predicted octanol–water partition coefficient (Wildman–Crippen LogP) is 2.86. The maximum absolute atomic E-state index is 13.7. The van der Waals surface area contributed by atoms with Crippen LogP contribution in [0, 0.1) is 11.7 Å². The zero-order valence-electron chi connectivity index (χ0n) is 18.6. The van der Waals surface area contributed by atoms with Crippen molar-refractivity contribution in [2.75, 3.05) is 20.2 Å². The average molecular weight is 473 g/mol. The summed E-state index contributed by atoms with van der Waals surface area (Å²) in [5.41, 5.74) is 3.59. The van der Waals surface area contributed by atoms with E-state index >= 15 is 0 Å². The Kier molecular flexibility index (Phi) is 7.11. The molecule has 0 aliphatic heterocycles. The van der Waals surface area contributed by atoms with Crippen molar-refractivity contribution < 1.29 is 17.5 Å². The maximum atomic E-state index is 13.7. The normalized spacial score (nSPS) is 17.8. The average Bonchev–Trinajstić information content (AvgIpc) is 3.37. The Bertz CT molecular complexity index is 1210. The molecule has 3 N–H and O–H groups in total. The molecule has 0 bridgehead atoms. The number of aromatic nitrogens is 2. The third-order valence-electron chi connectivity index (χ3n) is 6.11. The number of hydrogen-bond donors (Lipinski definition) is 2. The standard InChI is InChI=1S/C24H29FN4O3S/c1-27-14-19-12-18-6-7-21(13-23(18)22(19)11-17-4-2-5-20(25)10-17)32-9-3-8-29-15-24(28-16-29)33(26,30)31/h2,4-7,10,13,15-16,19,22,27H,3,8-9,11-12,14H2,1H3,(H2,26,30,31). The lowest BCUT2D eigenvalue weighted by Gasteiger charge is -2.21. The Balaban J connectivity index is 1.40. The van der Waals surface area contributed by atoms with Gasteiger partial charge in [-0.15, -0.1) is 0 Å². The van der Waals surface area contributed by atoms with Gasteiger partial charge in [0.15, 0.2) is 5.03 Å². The van der Waals surface area contributed by atoms with E-state index < -0.39 is 10.0 Å². The molecular formula is C24H29FN4O3S. The fourth-order valence-corrected chi connectivity index (χ4v) is 5.07. The Labute approximate surface area is 193 Å². The summed E-state index contributed by atoms with van der Waals surface area (Å²) in [5, 5.41) is 8.25. The molecule has 0 saturated carbocycles. The molecule has 1 aliphatic rings. The van der Waals surface area contributed by atoms with Crippen LogP contribution in [0.3, 0.4) is 0 Å². The number of fused-ring (bicyclic) bond motifs is 1. The molecule has 1 heterocycles. The van der Waals surface area contributed by atoms with E-state index in [1.807, 2.05) is 19.2 Å². The molecule has 0 fully saturated rings.